The predicted octanol–water partition coefficient (Wildman–Crippen LogP) is 3.19. The molecule has 0 radical (unpaired) electrons. The van der Waals surface area contributed by atoms with Gasteiger partial charge >= 0.3 is 0 Å². The molecule has 1 saturated heterocycles. The summed E-state index contributed by atoms with van der Waals surface area (Å²) < 4.78 is 5.50. The quantitative estimate of drug-likeness (QED) is 0.313. The van der Waals surface area contributed by atoms with Crippen LogP contribution in [0.5, 0.6) is 5.75 Å². The lowest BCUT2D eigenvalue weighted by Crippen LogP contribution is -2.46. The summed E-state index contributed by atoms with van der Waals surface area (Å²) in [5, 5.41) is 7.75. The van der Waals surface area contributed by atoms with Crippen molar-refractivity contribution in [3.63, 3.8) is 0 Å². The van der Waals surface area contributed by atoms with Crippen LogP contribution in [0, 0.1) is 0 Å². The van der Waals surface area contributed by atoms with Gasteiger partial charge in [-0.15, -0.1) is 24.0 Å². The second kappa shape index (κ2) is 11.3. The van der Waals surface area contributed by atoms with Crippen LogP contribution in [-0.2, 0) is 0 Å². The molecule has 1 unspecified atom stereocenters. The third-order valence-electron chi connectivity index (χ3n) is 5.40. The van der Waals surface area contributed by atoms with Crippen molar-refractivity contribution in [3.05, 3.63) is 23.2 Å². The number of anilines is 1. The van der Waals surface area contributed by atoms with Gasteiger partial charge in [-0.2, -0.15) is 0 Å². The van der Waals surface area contributed by atoms with Gasteiger partial charge in [0.25, 0.3) is 0 Å². The van der Waals surface area contributed by atoms with E-state index in [1.807, 2.05) is 25.2 Å². The van der Waals surface area contributed by atoms with Crippen LogP contribution < -0.4 is 20.3 Å². The summed E-state index contributed by atoms with van der Waals surface area (Å²) in [7, 11) is 3.53. The number of halogens is 2. The Morgan fingerprint density at radius 2 is 2.14 bits per heavy atom. The summed E-state index contributed by atoms with van der Waals surface area (Å²) in [6, 6.07) is 6.93. The van der Waals surface area contributed by atoms with Crippen molar-refractivity contribution in [2.75, 3.05) is 51.8 Å². The molecule has 0 aromatic heterocycles. The zero-order chi connectivity index (χ0) is 19.2. The first-order valence-electron chi connectivity index (χ1n) is 9.94. The Balaban J connectivity index is 0.00000280. The molecule has 1 aromatic carbocycles. The lowest BCUT2D eigenvalue weighted by atomic mass is 10.2. The van der Waals surface area contributed by atoms with Crippen molar-refractivity contribution in [1.82, 2.24) is 15.5 Å². The highest BCUT2D eigenvalue weighted by Crippen LogP contribution is 2.33. The predicted molar refractivity (Wildman–Crippen MR) is 129 cm³/mol. The second-order valence-electron chi connectivity index (χ2n) is 7.25. The Kier molecular flexibility index (Phi) is 9.43. The fraction of sp³-hybridized carbons (Fsp3) is 0.650. The van der Waals surface area contributed by atoms with Crippen LogP contribution in [0.25, 0.3) is 0 Å². The number of ether oxygens (including phenoxy) is 1. The van der Waals surface area contributed by atoms with Gasteiger partial charge < -0.3 is 20.3 Å². The van der Waals surface area contributed by atoms with Crippen molar-refractivity contribution in [3.8, 4) is 5.75 Å². The van der Waals surface area contributed by atoms with E-state index in [2.05, 4.69) is 32.3 Å². The molecule has 1 heterocycles. The number of guanidine groups is 1. The van der Waals surface area contributed by atoms with Crippen LogP contribution in [-0.4, -0.2) is 69.8 Å². The van der Waals surface area contributed by atoms with Crippen LogP contribution >= 0.6 is 35.6 Å². The van der Waals surface area contributed by atoms with E-state index < -0.39 is 0 Å². The molecule has 1 saturated carbocycles. The Morgan fingerprint density at radius 1 is 1.36 bits per heavy atom. The molecule has 1 aliphatic heterocycles. The summed E-state index contributed by atoms with van der Waals surface area (Å²) >= 11 is 6.19. The first-order chi connectivity index (χ1) is 13.1. The first kappa shape index (κ1) is 23.3. The number of rotatable bonds is 8. The highest BCUT2D eigenvalue weighted by molar-refractivity contribution is 14.0. The molecule has 1 aliphatic carbocycles. The Bertz CT molecular complexity index is 655. The maximum atomic E-state index is 6.19. The number of benzene rings is 1. The minimum atomic E-state index is 0. The van der Waals surface area contributed by atoms with Gasteiger partial charge in [0, 0.05) is 50.3 Å². The molecule has 0 amide bonds. The van der Waals surface area contributed by atoms with E-state index in [9.17, 15) is 0 Å². The zero-order valence-electron chi connectivity index (χ0n) is 17.1. The van der Waals surface area contributed by atoms with E-state index in [0.29, 0.717) is 6.04 Å². The number of nitrogens with zero attached hydrogens (tertiary/aromatic N) is 3. The number of nitrogens with one attached hydrogen (secondary N) is 2. The molecule has 1 atom stereocenters. The highest BCUT2D eigenvalue weighted by atomic mass is 127. The Labute approximate surface area is 191 Å². The molecule has 8 heteroatoms. The van der Waals surface area contributed by atoms with E-state index in [1.54, 1.807) is 7.11 Å². The average Bonchev–Trinajstić information content (AvgIpc) is 3.42. The molecule has 28 heavy (non-hydrogen) atoms. The lowest BCUT2D eigenvalue weighted by Gasteiger charge is -2.23. The number of likely N-dealkylation sites (N-methyl/N-ethyl adjacent to an activating group) is 1. The highest BCUT2D eigenvalue weighted by Gasteiger charge is 2.28. The van der Waals surface area contributed by atoms with Crippen LogP contribution in [0.3, 0.4) is 0 Å². The van der Waals surface area contributed by atoms with E-state index >= 15 is 0 Å². The standard InChI is InChI=1S/C20H32ClN5O.HI/c1-4-25(17-6-7-17)12-10-23-20(22-2)24-16-9-11-26(14-16)18-13-15(21)5-8-19(18)27-3;/h5,8,13,16-17H,4,6-7,9-12,14H2,1-3H3,(H2,22,23,24);1H. The van der Waals surface area contributed by atoms with Gasteiger partial charge in [-0.25, -0.2) is 0 Å². The molecular formula is C20H33ClIN5O. The number of hydrogen-bond acceptors (Lipinski definition) is 4. The van der Waals surface area contributed by atoms with Crippen molar-refractivity contribution in [1.29, 1.82) is 0 Å². The monoisotopic (exact) mass is 521 g/mol. The molecule has 6 nitrogen and oxygen atoms in total. The lowest BCUT2D eigenvalue weighted by molar-refractivity contribution is 0.282. The Hall–Kier alpha value is -0.930. The molecule has 0 bridgehead atoms. The largest absolute Gasteiger partial charge is 0.495 e. The molecule has 2 N–H and O–H groups in total. The van der Waals surface area contributed by atoms with Gasteiger partial charge in [0.1, 0.15) is 5.75 Å². The maximum Gasteiger partial charge on any atom is 0.191 e. The fourth-order valence-electron chi connectivity index (χ4n) is 3.75. The summed E-state index contributed by atoms with van der Waals surface area (Å²) in [4.78, 5) is 9.26. The molecule has 1 aromatic rings. The average molecular weight is 522 g/mol. The molecule has 2 aliphatic rings. The van der Waals surface area contributed by atoms with Gasteiger partial charge in [0.2, 0.25) is 0 Å². The number of hydrogen-bond donors (Lipinski definition) is 2. The molecular weight excluding hydrogens is 489 g/mol. The Morgan fingerprint density at radius 3 is 2.79 bits per heavy atom. The third-order valence-corrected chi connectivity index (χ3v) is 5.63. The van der Waals surface area contributed by atoms with Crippen molar-refractivity contribution < 1.29 is 4.74 Å². The molecule has 2 fully saturated rings. The van der Waals surface area contributed by atoms with Gasteiger partial charge in [0.15, 0.2) is 5.96 Å². The topological polar surface area (TPSA) is 52.1 Å². The first-order valence-corrected chi connectivity index (χ1v) is 10.3. The van der Waals surface area contributed by atoms with Gasteiger partial charge in [0.05, 0.1) is 12.8 Å². The summed E-state index contributed by atoms with van der Waals surface area (Å²) in [6.45, 7) is 7.22. The SMILES string of the molecule is CCN(CCNC(=NC)NC1CCN(c2cc(Cl)ccc2OC)C1)C1CC1.I. The summed E-state index contributed by atoms with van der Waals surface area (Å²) in [6.07, 6.45) is 3.76. The minimum absolute atomic E-state index is 0. The normalized spacial score (nSPS) is 19.5. The van der Waals surface area contributed by atoms with E-state index in [0.717, 1.165) is 67.6 Å². The van der Waals surface area contributed by atoms with Crippen LogP contribution in [0.2, 0.25) is 5.02 Å². The van der Waals surface area contributed by atoms with E-state index in [1.165, 1.54) is 12.8 Å². The number of aliphatic imine (C=N–C) groups is 1. The third kappa shape index (κ3) is 6.29. The van der Waals surface area contributed by atoms with Crippen molar-refractivity contribution in [2.24, 2.45) is 4.99 Å². The fourth-order valence-corrected chi connectivity index (χ4v) is 3.92. The van der Waals surface area contributed by atoms with Crippen LogP contribution in [0.1, 0.15) is 26.2 Å². The van der Waals surface area contributed by atoms with Gasteiger partial charge in [-0.3, -0.25) is 9.89 Å². The van der Waals surface area contributed by atoms with Gasteiger partial charge in [-0.1, -0.05) is 18.5 Å². The second-order valence-corrected chi connectivity index (χ2v) is 7.69. The van der Waals surface area contributed by atoms with Gasteiger partial charge in [-0.05, 0) is 44.0 Å². The summed E-state index contributed by atoms with van der Waals surface area (Å²) in [5.41, 5.74) is 1.06. The van der Waals surface area contributed by atoms with Crippen molar-refractivity contribution in [2.45, 2.75) is 38.3 Å². The summed E-state index contributed by atoms with van der Waals surface area (Å²) in [5.74, 6) is 1.74. The smallest absolute Gasteiger partial charge is 0.191 e. The molecule has 158 valence electrons. The zero-order valence-corrected chi connectivity index (χ0v) is 20.2. The van der Waals surface area contributed by atoms with Crippen LogP contribution in [0.4, 0.5) is 5.69 Å². The molecule has 0 spiro atoms. The maximum absolute atomic E-state index is 6.19. The van der Waals surface area contributed by atoms with Crippen molar-refractivity contribution >= 4 is 47.2 Å². The van der Waals surface area contributed by atoms with E-state index in [4.69, 9.17) is 16.3 Å². The number of methoxy groups -OCH3 is 1. The van der Waals surface area contributed by atoms with E-state index in [-0.39, 0.29) is 24.0 Å². The molecule has 3 rings (SSSR count). The minimum Gasteiger partial charge on any atom is -0.495 e. The van der Waals surface area contributed by atoms with Crippen LogP contribution in [0.15, 0.2) is 23.2 Å².